The molecule has 123 heavy (non-hydrogen) atoms. The Balaban J connectivity index is 0.000000101. The second-order valence-corrected chi connectivity index (χ2v) is 36.6. The Bertz CT molecular complexity index is 9000. The van der Waals surface area contributed by atoms with E-state index in [0.717, 1.165) is 77.5 Å². The third-order valence-corrected chi connectivity index (χ3v) is 29.0. The van der Waals surface area contributed by atoms with Crippen LogP contribution in [0.1, 0.15) is 33.4 Å². The summed E-state index contributed by atoms with van der Waals surface area (Å²) in [6.45, 7) is 13.0. The van der Waals surface area contributed by atoms with E-state index in [4.69, 9.17) is 13.3 Å². The van der Waals surface area contributed by atoms with Gasteiger partial charge in [0.15, 0.2) is 16.7 Å². The zero-order valence-corrected chi connectivity index (χ0v) is 70.6. The number of hydrogen-bond donors (Lipinski definition) is 0. The third kappa shape index (κ3) is 11.1. The SMILES string of the molecule is Cc1ccc2c(c1)c1cc(C)ccc1n2-c1cccc2c1oc1cccc(-c3ccc4c(c3)sc3ccccc34)c12.Cc1ccc2c(c1)c1cc(C)ccc1n2-c1cccc2c1oc1cccc(-c3ccc4sc5ccccc5c4c3)c12.Cc1ccc2c(c1)c1cc(C)ccc1n2-c1cccc2c1oc1cccc(-c3cccc4c3sc3ccccc34)c12. The number of fused-ring (bicyclic) bond motifs is 27. The molecule has 0 aliphatic carbocycles. The first-order valence-corrected chi connectivity index (χ1v) is 44.5. The van der Waals surface area contributed by atoms with Gasteiger partial charge in [0.25, 0.3) is 0 Å². The number of aryl methyl sites for hydroxylation is 6. The molecule has 0 bridgehead atoms. The van der Waals surface area contributed by atoms with Crippen LogP contribution in [-0.2, 0) is 0 Å². The van der Waals surface area contributed by atoms with Crippen molar-refractivity contribution in [3.63, 3.8) is 0 Å². The lowest BCUT2D eigenvalue weighted by atomic mass is 9.97. The number of nitrogens with zero attached hydrogens (tertiary/aromatic N) is 3. The van der Waals surface area contributed by atoms with Gasteiger partial charge in [-0.3, -0.25) is 0 Å². The van der Waals surface area contributed by atoms with Crippen molar-refractivity contribution in [1.82, 2.24) is 13.7 Å². The van der Waals surface area contributed by atoms with Crippen molar-refractivity contribution in [3.8, 4) is 50.4 Å². The lowest BCUT2D eigenvalue weighted by molar-refractivity contribution is 0.666. The Morgan fingerprint density at radius 3 is 0.927 bits per heavy atom. The Morgan fingerprint density at radius 2 is 0.496 bits per heavy atom. The van der Waals surface area contributed by atoms with Gasteiger partial charge in [0.2, 0.25) is 0 Å². The number of thiophene rings is 3. The second kappa shape index (κ2) is 27.5. The maximum absolute atomic E-state index is 6.77. The van der Waals surface area contributed by atoms with Gasteiger partial charge in [-0.15, -0.1) is 34.0 Å². The predicted octanol–water partition coefficient (Wildman–Crippen LogP) is 34.0. The summed E-state index contributed by atoms with van der Waals surface area (Å²) in [6.07, 6.45) is 0. The smallest absolute Gasteiger partial charge is 0.159 e. The van der Waals surface area contributed by atoms with Crippen LogP contribution in [0.2, 0.25) is 0 Å². The first-order chi connectivity index (χ1) is 60.4. The van der Waals surface area contributed by atoms with Gasteiger partial charge in [-0.25, -0.2) is 0 Å². The van der Waals surface area contributed by atoms with E-state index in [1.165, 1.54) is 198 Å². The van der Waals surface area contributed by atoms with E-state index in [-0.39, 0.29) is 0 Å². The fourth-order valence-corrected chi connectivity index (χ4v) is 23.5. The number of furan rings is 3. The zero-order chi connectivity index (χ0) is 81.7. The number of para-hydroxylation sites is 3. The predicted molar refractivity (Wildman–Crippen MR) is 528 cm³/mol. The highest BCUT2D eigenvalue weighted by Crippen LogP contribution is 2.50. The molecule has 18 aromatic carbocycles. The van der Waals surface area contributed by atoms with Crippen molar-refractivity contribution in [2.45, 2.75) is 41.5 Å². The minimum Gasteiger partial charge on any atom is -0.454 e. The quantitative estimate of drug-likeness (QED) is 0.167. The van der Waals surface area contributed by atoms with E-state index < -0.39 is 0 Å². The summed E-state index contributed by atoms with van der Waals surface area (Å²) in [6, 6.07) is 126. The van der Waals surface area contributed by atoms with Gasteiger partial charge >= 0.3 is 0 Å². The maximum Gasteiger partial charge on any atom is 0.159 e. The van der Waals surface area contributed by atoms with Crippen LogP contribution in [0.3, 0.4) is 0 Å². The molecule has 9 heteroatoms. The van der Waals surface area contributed by atoms with E-state index in [9.17, 15) is 0 Å². The number of benzene rings is 18. The normalized spacial score (nSPS) is 12.1. The minimum absolute atomic E-state index is 0.910. The molecular formula is C114H75N3O3S3. The lowest BCUT2D eigenvalue weighted by Crippen LogP contribution is -1.94. The summed E-state index contributed by atoms with van der Waals surface area (Å²) in [5, 5.41) is 22.4. The molecule has 582 valence electrons. The van der Waals surface area contributed by atoms with Crippen LogP contribution in [0.25, 0.3) is 242 Å². The Kier molecular flexibility index (Phi) is 15.9. The average Bonchev–Trinajstić information content (AvgIpc) is 1.57. The van der Waals surface area contributed by atoms with Gasteiger partial charge in [0, 0.05) is 131 Å². The number of rotatable bonds is 6. The van der Waals surface area contributed by atoms with Crippen molar-refractivity contribution in [2.24, 2.45) is 0 Å². The lowest BCUT2D eigenvalue weighted by Gasteiger charge is -2.09. The fourth-order valence-electron chi connectivity index (χ4n) is 20.0. The molecule has 0 atom stereocenters. The highest BCUT2D eigenvalue weighted by Gasteiger charge is 2.26. The zero-order valence-electron chi connectivity index (χ0n) is 68.2. The molecule has 27 rings (SSSR count). The molecule has 0 fully saturated rings. The van der Waals surface area contributed by atoms with Crippen LogP contribution >= 0.6 is 34.0 Å². The number of hydrogen-bond acceptors (Lipinski definition) is 6. The standard InChI is InChI=1S/3C38H25NOS/c1-22-16-18-31-29(20-22)30-21-23(2)17-19-32(30)39(31)33-13-6-12-28-36-25(9-7-14-34(36)40-37(28)33)27-11-5-10-26-24-8-3-4-15-35(24)41-38(26)27;1-22-13-17-31-29(19-22)30-20-23(2)14-18-32(30)39(31)33-10-5-9-28-37-25(8-6-11-34(37)40-38(28)33)24-15-16-27-26-7-3-4-12-35(26)41-36(27)21-24;1-22-13-16-31-28(19-22)29-20-23(2)14-17-32(29)39(31)33-10-5-9-27-37-25(8-6-11-34(37)40-38(27)33)24-15-18-36-30(21-24)26-7-3-4-12-35(26)41-36/h3*3-21H,1-2H3. The highest BCUT2D eigenvalue weighted by molar-refractivity contribution is 7.27. The fraction of sp³-hybridized carbons (Fsp3) is 0.0526. The van der Waals surface area contributed by atoms with E-state index in [1.54, 1.807) is 0 Å². The molecular weight excluding hydrogens is 1560 g/mol. The molecule has 0 N–H and O–H groups in total. The summed E-state index contributed by atoms with van der Waals surface area (Å²) in [5.41, 5.74) is 30.7. The maximum atomic E-state index is 6.77. The molecule has 0 saturated heterocycles. The van der Waals surface area contributed by atoms with Crippen molar-refractivity contribution in [1.29, 1.82) is 0 Å². The molecule has 0 aliphatic rings. The van der Waals surface area contributed by atoms with Gasteiger partial charge in [-0.2, -0.15) is 0 Å². The van der Waals surface area contributed by atoms with Gasteiger partial charge in [0.1, 0.15) is 16.7 Å². The Morgan fingerprint density at radius 1 is 0.195 bits per heavy atom. The molecule has 0 spiro atoms. The van der Waals surface area contributed by atoms with Crippen molar-refractivity contribution < 1.29 is 13.3 Å². The van der Waals surface area contributed by atoms with Crippen molar-refractivity contribution in [2.75, 3.05) is 0 Å². The molecule has 0 amide bonds. The Labute approximate surface area is 718 Å². The summed E-state index contributed by atoms with van der Waals surface area (Å²) in [4.78, 5) is 0. The average molecular weight is 1630 g/mol. The van der Waals surface area contributed by atoms with Crippen LogP contribution < -0.4 is 0 Å². The van der Waals surface area contributed by atoms with Gasteiger partial charge < -0.3 is 27.0 Å². The largest absolute Gasteiger partial charge is 0.454 e. The number of aromatic nitrogens is 3. The van der Waals surface area contributed by atoms with E-state index in [0.29, 0.717) is 0 Å². The van der Waals surface area contributed by atoms with Crippen LogP contribution in [0.4, 0.5) is 0 Å². The molecule has 6 nitrogen and oxygen atoms in total. The molecule has 0 radical (unpaired) electrons. The van der Waals surface area contributed by atoms with Crippen LogP contribution in [0, 0.1) is 41.5 Å². The van der Waals surface area contributed by atoms with Gasteiger partial charge in [-0.05, 0) is 215 Å². The second-order valence-electron chi connectivity index (χ2n) is 33.3. The monoisotopic (exact) mass is 1630 g/mol. The molecule has 9 heterocycles. The van der Waals surface area contributed by atoms with Crippen LogP contribution in [-0.4, -0.2) is 13.7 Å². The highest BCUT2D eigenvalue weighted by atomic mass is 32.1. The van der Waals surface area contributed by atoms with E-state index in [2.05, 4.69) is 401 Å². The minimum atomic E-state index is 0.910. The summed E-state index contributed by atoms with van der Waals surface area (Å²) in [5.74, 6) is 0. The third-order valence-electron chi connectivity index (χ3n) is 25.5. The molecule has 0 saturated carbocycles. The van der Waals surface area contributed by atoms with Crippen LogP contribution in [0.5, 0.6) is 0 Å². The summed E-state index contributed by atoms with van der Waals surface area (Å²) in [7, 11) is 0. The van der Waals surface area contributed by atoms with Crippen molar-refractivity contribution in [3.05, 3.63) is 379 Å². The van der Waals surface area contributed by atoms with Crippen LogP contribution in [0.15, 0.2) is 359 Å². The van der Waals surface area contributed by atoms with Gasteiger partial charge in [-0.1, -0.05) is 234 Å². The van der Waals surface area contributed by atoms with Crippen molar-refractivity contribution >= 4 is 226 Å². The molecule has 9 aromatic heterocycles. The van der Waals surface area contributed by atoms with E-state index in [1.807, 2.05) is 34.0 Å². The first-order valence-electron chi connectivity index (χ1n) is 42.1. The van der Waals surface area contributed by atoms with Gasteiger partial charge in [0.05, 0.1) is 50.2 Å². The molecule has 0 unspecified atom stereocenters. The molecule has 27 aromatic rings. The summed E-state index contributed by atoms with van der Waals surface area (Å²) < 4.78 is 35.3. The van der Waals surface area contributed by atoms with E-state index >= 15 is 0 Å². The Hall–Kier alpha value is -14.6. The molecule has 0 aliphatic heterocycles. The summed E-state index contributed by atoms with van der Waals surface area (Å²) >= 11 is 5.59. The topological polar surface area (TPSA) is 54.2 Å². The first kappa shape index (κ1) is 71.3.